The first-order valence-corrected chi connectivity index (χ1v) is 28.4. The lowest BCUT2D eigenvalue weighted by atomic mass is 9.90. The zero-order valence-electron chi connectivity index (χ0n) is 47.9. The average Bonchev–Trinajstić information content (AvgIpc) is 0.827. The van der Waals surface area contributed by atoms with E-state index in [4.69, 9.17) is 21.7 Å². The Morgan fingerprint density at radius 2 is 1.03 bits per heavy atom. The van der Waals surface area contributed by atoms with Crippen LogP contribution in [0.4, 0.5) is 10.5 Å². The van der Waals surface area contributed by atoms with E-state index in [1.807, 2.05) is 5.32 Å². The summed E-state index contributed by atoms with van der Waals surface area (Å²) in [4.78, 5) is 141. The molecular formula is C63H63N9O17S. The Hall–Kier alpha value is -11.2. The summed E-state index contributed by atoms with van der Waals surface area (Å²) in [6.45, 7) is -0.876. The van der Waals surface area contributed by atoms with Gasteiger partial charge in [-0.15, -0.1) is 0 Å². The first-order chi connectivity index (χ1) is 43.1. The Balaban J connectivity index is 0.963. The Morgan fingerprint density at radius 3 is 1.60 bits per heavy atom. The van der Waals surface area contributed by atoms with E-state index >= 15 is 0 Å². The van der Waals surface area contributed by atoms with Crippen LogP contribution in [0.1, 0.15) is 52.7 Å². The molecule has 7 amide bonds. The highest BCUT2D eigenvalue weighted by atomic mass is 32.1. The van der Waals surface area contributed by atoms with Gasteiger partial charge in [0, 0.05) is 79.5 Å². The molecule has 1 aliphatic heterocycles. The lowest BCUT2D eigenvalue weighted by molar-refractivity contribution is -0.141. The topological polar surface area (TPSA) is 410 Å². The molecule has 5 aromatic rings. The van der Waals surface area contributed by atoms with Gasteiger partial charge in [-0.05, 0) is 83.7 Å². The van der Waals surface area contributed by atoms with Gasteiger partial charge in [0.2, 0.25) is 29.5 Å². The van der Waals surface area contributed by atoms with E-state index in [0.29, 0.717) is 33.2 Å². The van der Waals surface area contributed by atoms with Gasteiger partial charge < -0.3 is 77.8 Å². The van der Waals surface area contributed by atoms with E-state index in [2.05, 4.69) is 42.5 Å². The van der Waals surface area contributed by atoms with E-state index in [-0.39, 0.29) is 76.8 Å². The molecule has 1 heterocycles. The van der Waals surface area contributed by atoms with Crippen molar-refractivity contribution in [3.8, 4) is 28.2 Å². The summed E-state index contributed by atoms with van der Waals surface area (Å²) in [5.41, 5.74) is 3.03. The van der Waals surface area contributed by atoms with Crippen LogP contribution in [0.3, 0.4) is 0 Å². The van der Waals surface area contributed by atoms with E-state index in [9.17, 15) is 73.2 Å². The smallest absolute Gasteiger partial charge is 0.336 e. The molecule has 0 saturated carbocycles. The van der Waals surface area contributed by atoms with Gasteiger partial charge in [0.1, 0.15) is 47.3 Å². The predicted molar refractivity (Wildman–Crippen MR) is 330 cm³/mol. The van der Waals surface area contributed by atoms with Crippen LogP contribution in [0.5, 0.6) is 5.75 Å². The lowest BCUT2D eigenvalue weighted by Crippen LogP contribution is -2.56. The number of carboxylic acids is 4. The predicted octanol–water partition coefficient (Wildman–Crippen LogP) is 3.52. The molecule has 0 bridgehead atoms. The second-order valence-corrected chi connectivity index (χ2v) is 20.9. The maximum Gasteiger partial charge on any atom is 0.336 e. The number of aliphatic carboxylic acids is 3. The number of anilines is 1. The molecule has 1 aliphatic carbocycles. The number of aromatic carboxylic acids is 1. The molecule has 0 unspecified atom stereocenters. The molecule has 27 heteroatoms. The first-order valence-electron chi connectivity index (χ1n) is 28.0. The van der Waals surface area contributed by atoms with Crippen LogP contribution in [0.15, 0.2) is 155 Å². The number of thiocarbonyl (C=S) groups is 1. The van der Waals surface area contributed by atoms with Crippen LogP contribution in [0.2, 0.25) is 0 Å². The highest BCUT2D eigenvalue weighted by molar-refractivity contribution is 7.80. The normalized spacial score (nSPS) is 12.5. The first kappa shape index (κ1) is 66.3. The Labute approximate surface area is 518 Å². The van der Waals surface area contributed by atoms with Gasteiger partial charge >= 0.3 is 29.9 Å². The van der Waals surface area contributed by atoms with Crippen LogP contribution in [0.25, 0.3) is 33.4 Å². The molecule has 468 valence electrons. The molecule has 0 fully saturated rings. The lowest BCUT2D eigenvalue weighted by Gasteiger charge is -2.25. The number of carboxylic acid groups (broad SMARTS) is 4. The maximum atomic E-state index is 14.5. The standard InChI is InChI=1S/C63H63N9O17S/c73-39-17-20-42-50(32-39)89-51-33-40(74)18-21-43(51)55(42)41-19-16-38(31-44(41)59(82)83)67-63(90)72-49(30-37-14-8-3-9-15-37)58(81)69-48(29-36-12-6-2-7-13-36)57(80)66-34-53(76)64-26-27-65-56(79)47(28-35-10-4-1-5-11-35)68-52(75)24-22-45(60(84)85)70-62(88)71-46(61(86)87)23-25-54(77)78/h1-21,31-33,45-49,73H,22-30,34H2,(H,64,76)(H,65,79)(H,66,80)(H,68,75)(H,69,81)(H,77,78)(H,82,83)(H,84,85)(H,86,87)(H2,67,72,90)(H2,70,71,88)/t45-,46-,47-,48-,49-/m0/s1. The second-order valence-electron chi connectivity index (χ2n) is 20.5. The van der Waals surface area contributed by atoms with Crippen molar-refractivity contribution in [2.75, 3.05) is 25.0 Å². The molecule has 90 heavy (non-hydrogen) atoms. The number of phenolic OH excluding ortho intramolecular Hbond substituents is 1. The fourth-order valence-electron chi connectivity index (χ4n) is 9.49. The van der Waals surface area contributed by atoms with E-state index in [1.54, 1.807) is 109 Å². The van der Waals surface area contributed by atoms with Gasteiger partial charge in [-0.25, -0.2) is 19.2 Å². The number of hydrogen-bond donors (Lipinski definition) is 14. The molecule has 14 N–H and O–H groups in total. The highest BCUT2D eigenvalue weighted by Gasteiger charge is 2.30. The SMILES string of the molecule is O=C(O)CC[C@H](NC(=O)N[C@@H](CCC(=O)N[C@@H](Cc1ccccc1)C(=O)NCCNC(=O)CNC(=O)[C@H](Cc1ccccc1)NC(=O)[C@H](Cc1ccccc1)NC(=S)Nc1ccc(-c2c3ccc(=O)cc-3oc3cc(O)ccc23)c(C(=O)O)c1)C(=O)O)C(=O)O. The van der Waals surface area contributed by atoms with Crippen LogP contribution in [0, 0.1) is 0 Å². The van der Waals surface area contributed by atoms with Crippen molar-refractivity contribution >= 4 is 93.4 Å². The van der Waals surface area contributed by atoms with Crippen LogP contribution >= 0.6 is 12.2 Å². The van der Waals surface area contributed by atoms with Gasteiger partial charge in [-0.3, -0.25) is 33.6 Å². The van der Waals surface area contributed by atoms with Crippen molar-refractivity contribution < 1.29 is 77.9 Å². The molecule has 0 aromatic heterocycles. The fraction of sp³-hybridized carbons (Fsp3) is 0.238. The minimum Gasteiger partial charge on any atom is -0.508 e. The molecular weight excluding hydrogens is 1190 g/mol. The summed E-state index contributed by atoms with van der Waals surface area (Å²) in [6, 6.07) is 31.0. The molecule has 5 aromatic carbocycles. The van der Waals surface area contributed by atoms with Crippen molar-refractivity contribution in [1.29, 1.82) is 0 Å². The van der Waals surface area contributed by atoms with Gasteiger partial charge in [0.25, 0.3) is 0 Å². The fourth-order valence-corrected chi connectivity index (χ4v) is 9.75. The zero-order valence-corrected chi connectivity index (χ0v) is 48.7. The number of nitrogens with one attached hydrogen (secondary N) is 9. The third kappa shape index (κ3) is 19.7. The van der Waals surface area contributed by atoms with Crippen molar-refractivity contribution in [2.45, 2.75) is 75.2 Å². The minimum absolute atomic E-state index is 0.0160. The maximum absolute atomic E-state index is 14.5. The average molecular weight is 1250 g/mol. The monoisotopic (exact) mass is 1250 g/mol. The van der Waals surface area contributed by atoms with Gasteiger partial charge in [-0.2, -0.15) is 0 Å². The number of amides is 7. The van der Waals surface area contributed by atoms with Crippen LogP contribution in [-0.2, 0) is 57.6 Å². The number of rotatable bonds is 30. The van der Waals surface area contributed by atoms with Crippen LogP contribution < -0.4 is 53.3 Å². The van der Waals surface area contributed by atoms with Crippen molar-refractivity contribution in [2.24, 2.45) is 0 Å². The van der Waals surface area contributed by atoms with Crippen molar-refractivity contribution in [3.63, 3.8) is 0 Å². The van der Waals surface area contributed by atoms with Crippen LogP contribution in [-0.4, -0.2) is 140 Å². The van der Waals surface area contributed by atoms with Gasteiger partial charge in [0.15, 0.2) is 10.5 Å². The Kier molecular flexibility index (Phi) is 23.5. The largest absolute Gasteiger partial charge is 0.508 e. The number of aromatic hydroxyl groups is 1. The summed E-state index contributed by atoms with van der Waals surface area (Å²) in [5, 5.41) is 72.3. The molecule has 2 aliphatic rings. The summed E-state index contributed by atoms with van der Waals surface area (Å²) >= 11 is 5.72. The molecule has 26 nitrogen and oxygen atoms in total. The number of carbonyl (C=O) groups is 10. The van der Waals surface area contributed by atoms with Crippen molar-refractivity contribution in [1.82, 2.24) is 42.5 Å². The highest BCUT2D eigenvalue weighted by Crippen LogP contribution is 2.42. The van der Waals surface area contributed by atoms with Crippen molar-refractivity contribution in [3.05, 3.63) is 178 Å². The quantitative estimate of drug-likeness (QED) is 0.0174. The Bertz CT molecular complexity index is 3820. The summed E-state index contributed by atoms with van der Waals surface area (Å²) < 4.78 is 5.95. The number of urea groups is 1. The Morgan fingerprint density at radius 1 is 0.500 bits per heavy atom. The molecule has 5 atom stereocenters. The number of carbonyl (C=O) groups excluding carboxylic acids is 6. The number of fused-ring (bicyclic) bond motifs is 2. The van der Waals surface area contributed by atoms with Gasteiger partial charge in [-0.1, -0.05) is 97.1 Å². The number of benzene rings is 6. The molecule has 7 rings (SSSR count). The molecule has 0 radical (unpaired) electrons. The molecule has 0 saturated heterocycles. The summed E-state index contributed by atoms with van der Waals surface area (Å²) in [6.07, 6.45) is -2.08. The van der Waals surface area contributed by atoms with Gasteiger partial charge in [0.05, 0.1) is 12.1 Å². The third-order valence-electron chi connectivity index (χ3n) is 13.9. The number of phenols is 1. The molecule has 0 spiro atoms. The summed E-state index contributed by atoms with van der Waals surface area (Å²) in [5.74, 6) is -9.25. The minimum atomic E-state index is -1.70. The summed E-state index contributed by atoms with van der Waals surface area (Å²) in [7, 11) is 0. The van der Waals surface area contributed by atoms with E-state index < -0.39 is 122 Å². The zero-order chi connectivity index (χ0) is 64.9. The number of hydrogen-bond acceptors (Lipinski definition) is 14. The second kappa shape index (κ2) is 32.0. The van der Waals surface area contributed by atoms with E-state index in [0.717, 1.165) is 0 Å². The third-order valence-corrected chi connectivity index (χ3v) is 14.1. The van der Waals surface area contributed by atoms with E-state index in [1.165, 1.54) is 36.4 Å².